The third kappa shape index (κ3) is 2.54. The molecule has 0 radical (unpaired) electrons. The van der Waals surface area contributed by atoms with E-state index < -0.39 is 5.60 Å². The second kappa shape index (κ2) is 4.82. The number of amides is 1. The van der Waals surface area contributed by atoms with E-state index in [1.54, 1.807) is 6.92 Å². The number of likely N-dealkylation sites (tertiary alicyclic amines) is 1. The van der Waals surface area contributed by atoms with E-state index in [0.717, 1.165) is 25.7 Å². The summed E-state index contributed by atoms with van der Waals surface area (Å²) in [6, 6.07) is 0. The number of hydrogen-bond donors (Lipinski definition) is 2. The monoisotopic (exact) mass is 254 g/mol. The number of β-amino-alcohol motifs (C(OH)–C–C–N with tert-alkyl or cyclic N) is 1. The molecule has 0 aromatic rings. The van der Waals surface area contributed by atoms with Gasteiger partial charge in [0, 0.05) is 19.6 Å². The van der Waals surface area contributed by atoms with Gasteiger partial charge in [-0.05, 0) is 44.9 Å². The second-order valence-corrected chi connectivity index (χ2v) is 6.64. The molecular formula is C14H26N2O2. The van der Waals surface area contributed by atoms with Crippen molar-refractivity contribution < 1.29 is 9.90 Å². The first-order valence-corrected chi connectivity index (χ1v) is 7.10. The second-order valence-electron chi connectivity index (χ2n) is 6.64. The van der Waals surface area contributed by atoms with Crippen molar-refractivity contribution in [2.75, 3.05) is 19.6 Å². The van der Waals surface area contributed by atoms with Crippen molar-refractivity contribution >= 4 is 5.91 Å². The summed E-state index contributed by atoms with van der Waals surface area (Å²) in [4.78, 5) is 14.5. The number of nitrogens with two attached hydrogens (primary N) is 1. The number of nitrogens with zero attached hydrogens (tertiary/aromatic N) is 1. The van der Waals surface area contributed by atoms with Crippen molar-refractivity contribution in [1.29, 1.82) is 0 Å². The van der Waals surface area contributed by atoms with Crippen LogP contribution in [0.3, 0.4) is 0 Å². The molecule has 1 amide bonds. The van der Waals surface area contributed by atoms with Crippen LogP contribution in [0, 0.1) is 11.3 Å². The van der Waals surface area contributed by atoms with Crippen LogP contribution in [0.4, 0.5) is 0 Å². The van der Waals surface area contributed by atoms with E-state index in [1.165, 1.54) is 0 Å². The summed E-state index contributed by atoms with van der Waals surface area (Å²) < 4.78 is 0. The van der Waals surface area contributed by atoms with E-state index in [0.29, 0.717) is 32.0 Å². The van der Waals surface area contributed by atoms with Gasteiger partial charge < -0.3 is 15.7 Å². The van der Waals surface area contributed by atoms with Crippen molar-refractivity contribution in [1.82, 2.24) is 4.90 Å². The molecular weight excluding hydrogens is 228 g/mol. The first-order valence-electron chi connectivity index (χ1n) is 7.10. The lowest BCUT2D eigenvalue weighted by Crippen LogP contribution is -2.49. The topological polar surface area (TPSA) is 66.6 Å². The molecule has 2 rings (SSSR count). The predicted molar refractivity (Wildman–Crippen MR) is 70.9 cm³/mol. The van der Waals surface area contributed by atoms with E-state index in [-0.39, 0.29) is 11.3 Å². The molecule has 104 valence electrons. The summed E-state index contributed by atoms with van der Waals surface area (Å²) >= 11 is 0. The van der Waals surface area contributed by atoms with Gasteiger partial charge in [-0.1, -0.05) is 6.92 Å². The number of rotatable bonds is 2. The van der Waals surface area contributed by atoms with Gasteiger partial charge in [0.05, 0.1) is 11.0 Å². The van der Waals surface area contributed by atoms with Crippen LogP contribution in [-0.4, -0.2) is 41.1 Å². The fourth-order valence-electron chi connectivity index (χ4n) is 3.27. The Balaban J connectivity index is 2.06. The number of carbonyl (C=O) groups excluding carboxylic acids is 1. The highest BCUT2D eigenvalue weighted by Gasteiger charge is 2.45. The highest BCUT2D eigenvalue weighted by molar-refractivity contribution is 5.83. The van der Waals surface area contributed by atoms with E-state index >= 15 is 0 Å². The van der Waals surface area contributed by atoms with Crippen LogP contribution >= 0.6 is 0 Å². The van der Waals surface area contributed by atoms with Crippen molar-refractivity contribution in [3.63, 3.8) is 0 Å². The standard InChI is InChI=1S/C14H26N2O2/c1-11-3-5-14(9-15,6-4-11)12(17)16-8-7-13(2,18)10-16/h11,18H,3-10,15H2,1-2H3. The number of aliphatic hydroxyl groups is 1. The van der Waals surface area contributed by atoms with Gasteiger partial charge >= 0.3 is 0 Å². The van der Waals surface area contributed by atoms with Gasteiger partial charge in [0.25, 0.3) is 0 Å². The molecule has 4 heteroatoms. The average molecular weight is 254 g/mol. The number of hydrogen-bond acceptors (Lipinski definition) is 3. The van der Waals surface area contributed by atoms with E-state index in [4.69, 9.17) is 5.73 Å². The maximum Gasteiger partial charge on any atom is 0.230 e. The first kappa shape index (κ1) is 13.8. The van der Waals surface area contributed by atoms with Crippen LogP contribution in [0.1, 0.15) is 46.0 Å². The summed E-state index contributed by atoms with van der Waals surface area (Å²) in [7, 11) is 0. The van der Waals surface area contributed by atoms with Crippen molar-refractivity contribution in [2.24, 2.45) is 17.1 Å². The molecule has 1 atom stereocenters. The van der Waals surface area contributed by atoms with Crippen LogP contribution in [0.25, 0.3) is 0 Å². The highest BCUT2D eigenvalue weighted by atomic mass is 16.3. The molecule has 0 aromatic carbocycles. The Labute approximate surface area is 110 Å². The smallest absolute Gasteiger partial charge is 0.230 e. The van der Waals surface area contributed by atoms with Crippen LogP contribution in [0.5, 0.6) is 0 Å². The largest absolute Gasteiger partial charge is 0.388 e. The molecule has 3 N–H and O–H groups in total. The number of carbonyl (C=O) groups is 1. The lowest BCUT2D eigenvalue weighted by molar-refractivity contribution is -0.143. The molecule has 1 unspecified atom stereocenters. The van der Waals surface area contributed by atoms with Crippen molar-refractivity contribution in [2.45, 2.75) is 51.6 Å². The molecule has 1 aliphatic carbocycles. The maximum atomic E-state index is 12.7. The summed E-state index contributed by atoms with van der Waals surface area (Å²) in [5.74, 6) is 0.883. The Morgan fingerprint density at radius 2 is 2.00 bits per heavy atom. The summed E-state index contributed by atoms with van der Waals surface area (Å²) in [6.45, 7) is 5.62. The van der Waals surface area contributed by atoms with E-state index in [9.17, 15) is 9.90 Å². The van der Waals surface area contributed by atoms with Gasteiger partial charge in [0.2, 0.25) is 5.91 Å². The quantitative estimate of drug-likeness (QED) is 0.776. The van der Waals surface area contributed by atoms with E-state index in [2.05, 4.69) is 6.92 Å². The van der Waals surface area contributed by atoms with Gasteiger partial charge in [0.1, 0.15) is 0 Å². The molecule has 0 bridgehead atoms. The normalized spacial score (nSPS) is 41.1. The predicted octanol–water partition coefficient (Wildman–Crippen LogP) is 1.12. The Bertz CT molecular complexity index is 320. The molecule has 4 nitrogen and oxygen atoms in total. The van der Waals surface area contributed by atoms with Crippen LogP contribution in [0.2, 0.25) is 0 Å². The van der Waals surface area contributed by atoms with Crippen molar-refractivity contribution in [3.8, 4) is 0 Å². The van der Waals surface area contributed by atoms with E-state index in [1.807, 2.05) is 4.90 Å². The first-order chi connectivity index (χ1) is 8.38. The third-order valence-electron chi connectivity index (χ3n) is 4.81. The summed E-state index contributed by atoms with van der Waals surface area (Å²) in [5.41, 5.74) is 4.84. The highest BCUT2D eigenvalue weighted by Crippen LogP contribution is 2.40. The lowest BCUT2D eigenvalue weighted by atomic mass is 9.70. The fraction of sp³-hybridized carbons (Fsp3) is 0.929. The summed E-state index contributed by atoms with van der Waals surface area (Å²) in [5, 5.41) is 9.99. The molecule has 1 aliphatic heterocycles. The van der Waals surface area contributed by atoms with Gasteiger partial charge in [0.15, 0.2) is 0 Å². The minimum Gasteiger partial charge on any atom is -0.388 e. The molecule has 1 heterocycles. The van der Waals surface area contributed by atoms with Crippen LogP contribution in [-0.2, 0) is 4.79 Å². The Morgan fingerprint density at radius 1 is 1.39 bits per heavy atom. The minimum atomic E-state index is -0.715. The lowest BCUT2D eigenvalue weighted by Gasteiger charge is -2.39. The minimum absolute atomic E-state index is 0.176. The fourth-order valence-corrected chi connectivity index (χ4v) is 3.27. The van der Waals surface area contributed by atoms with Crippen LogP contribution in [0.15, 0.2) is 0 Å². The molecule has 0 aromatic heterocycles. The average Bonchev–Trinajstić information content (AvgIpc) is 2.70. The van der Waals surface area contributed by atoms with Crippen LogP contribution < -0.4 is 5.73 Å². The van der Waals surface area contributed by atoms with Gasteiger partial charge in [-0.15, -0.1) is 0 Å². The zero-order chi connectivity index (χ0) is 13.4. The molecule has 1 saturated heterocycles. The van der Waals surface area contributed by atoms with Gasteiger partial charge in [-0.2, -0.15) is 0 Å². The SMILES string of the molecule is CC1CCC(CN)(C(=O)N2CCC(C)(O)C2)CC1. The Hall–Kier alpha value is -0.610. The molecule has 2 fully saturated rings. The molecule has 2 aliphatic rings. The molecule has 18 heavy (non-hydrogen) atoms. The Morgan fingerprint density at radius 3 is 2.44 bits per heavy atom. The maximum absolute atomic E-state index is 12.7. The zero-order valence-electron chi connectivity index (χ0n) is 11.6. The van der Waals surface area contributed by atoms with Gasteiger partial charge in [-0.25, -0.2) is 0 Å². The molecule has 1 saturated carbocycles. The van der Waals surface area contributed by atoms with Crippen molar-refractivity contribution in [3.05, 3.63) is 0 Å². The van der Waals surface area contributed by atoms with Gasteiger partial charge in [-0.3, -0.25) is 4.79 Å². The molecule has 0 spiro atoms. The summed E-state index contributed by atoms with van der Waals surface area (Å²) in [6.07, 6.45) is 4.67. The third-order valence-corrected chi connectivity index (χ3v) is 4.81. The zero-order valence-corrected chi connectivity index (χ0v) is 11.6. The Kier molecular flexibility index (Phi) is 3.70.